The first-order chi connectivity index (χ1) is 5.29. The van der Waals surface area contributed by atoms with E-state index in [1.165, 1.54) is 39.7 Å². The van der Waals surface area contributed by atoms with E-state index in [4.69, 9.17) is 0 Å². The van der Waals surface area contributed by atoms with Crippen molar-refractivity contribution in [3.8, 4) is 0 Å². The van der Waals surface area contributed by atoms with Crippen molar-refractivity contribution < 1.29 is 0 Å². The molecule has 1 heteroatoms. The summed E-state index contributed by atoms with van der Waals surface area (Å²) in [5.74, 6) is 0.916. The second kappa shape index (κ2) is 5.14. The summed E-state index contributed by atoms with van der Waals surface area (Å²) in [6.45, 7) is 4.65. The average Bonchev–Trinajstić information content (AvgIpc) is 2.70. The Bertz CT molecular complexity index is 91.0. The normalized spacial score (nSPS) is 18.8. The molecule has 0 aromatic rings. The third kappa shape index (κ3) is 5.67. The first-order valence-corrected chi connectivity index (χ1v) is 6.31. The van der Waals surface area contributed by atoms with E-state index in [2.05, 4.69) is 13.8 Å². The van der Waals surface area contributed by atoms with Gasteiger partial charge in [-0.25, -0.2) is 0 Å². The molecule has 0 aromatic carbocycles. The van der Waals surface area contributed by atoms with Gasteiger partial charge in [0.1, 0.15) is 0 Å². The first-order valence-electron chi connectivity index (χ1n) is 5.02. The molecule has 11 heavy (non-hydrogen) atoms. The Labute approximate surface area is 72.9 Å². The summed E-state index contributed by atoms with van der Waals surface area (Å²) in [6.07, 6.45) is 9.02. The van der Waals surface area contributed by atoms with E-state index < -0.39 is 0 Å². The molecule has 0 nitrogen and oxygen atoms in total. The van der Waals surface area contributed by atoms with Crippen LogP contribution in [0.2, 0.25) is 0 Å². The summed E-state index contributed by atoms with van der Waals surface area (Å²) in [5, 5.41) is 0. The molecule has 0 aromatic heterocycles. The molecule has 0 N–H and O–H groups in total. The molecule has 1 saturated carbocycles. The van der Waals surface area contributed by atoms with Crippen molar-refractivity contribution in [1.29, 1.82) is 0 Å². The summed E-state index contributed by atoms with van der Waals surface area (Å²) >= 11 is 0. The number of hydrogen-bond acceptors (Lipinski definition) is 0. The summed E-state index contributed by atoms with van der Waals surface area (Å²) in [6, 6.07) is 0. The van der Waals surface area contributed by atoms with E-state index in [-0.39, 0.29) is 0 Å². The van der Waals surface area contributed by atoms with Gasteiger partial charge in [0, 0.05) is 0 Å². The molecule has 0 heterocycles. The average molecular weight is 172 g/mol. The fraction of sp³-hybridized carbons (Fsp3) is 1.00. The van der Waals surface area contributed by atoms with Gasteiger partial charge < -0.3 is 0 Å². The van der Waals surface area contributed by atoms with Gasteiger partial charge in [-0.15, -0.1) is 8.58 Å². The third-order valence-electron chi connectivity index (χ3n) is 2.22. The minimum absolute atomic E-state index is 0.916. The van der Waals surface area contributed by atoms with Gasteiger partial charge in [0.2, 0.25) is 0 Å². The molecular weight excluding hydrogens is 151 g/mol. The minimum atomic E-state index is 0.916. The second-order valence-electron chi connectivity index (χ2n) is 4.12. The molecule has 0 bridgehead atoms. The van der Waals surface area contributed by atoms with Crippen molar-refractivity contribution in [3.63, 3.8) is 0 Å². The third-order valence-corrected chi connectivity index (χ3v) is 4.02. The van der Waals surface area contributed by atoms with Gasteiger partial charge in [-0.3, -0.25) is 0 Å². The fourth-order valence-corrected chi connectivity index (χ4v) is 2.71. The van der Waals surface area contributed by atoms with Crippen LogP contribution in [0.5, 0.6) is 0 Å². The zero-order chi connectivity index (χ0) is 8.10. The van der Waals surface area contributed by atoms with Crippen LogP contribution in [0.3, 0.4) is 0 Å². The lowest BCUT2D eigenvalue weighted by atomic mass is 10.1. The van der Waals surface area contributed by atoms with Gasteiger partial charge in [-0.05, 0) is 37.0 Å². The van der Waals surface area contributed by atoms with Crippen LogP contribution in [-0.4, -0.2) is 11.8 Å². The van der Waals surface area contributed by atoms with Crippen molar-refractivity contribution in [2.45, 2.75) is 51.6 Å². The summed E-state index contributed by atoms with van der Waals surface area (Å²) in [5.41, 5.74) is 1.18. The van der Waals surface area contributed by atoms with Crippen LogP contribution in [0, 0.1) is 5.92 Å². The van der Waals surface area contributed by atoms with Crippen molar-refractivity contribution in [2.75, 3.05) is 6.16 Å². The molecule has 0 saturated heterocycles. The molecule has 1 fully saturated rings. The Morgan fingerprint density at radius 1 is 1.27 bits per heavy atom. The molecule has 1 rings (SSSR count). The topological polar surface area (TPSA) is 0 Å². The van der Waals surface area contributed by atoms with Crippen molar-refractivity contribution in [2.24, 2.45) is 5.92 Å². The second-order valence-corrected chi connectivity index (χ2v) is 5.84. The molecule has 1 atom stereocenters. The van der Waals surface area contributed by atoms with Crippen LogP contribution < -0.4 is 0 Å². The predicted molar refractivity (Wildman–Crippen MR) is 54.9 cm³/mol. The fourth-order valence-electron chi connectivity index (χ4n) is 1.27. The lowest BCUT2D eigenvalue weighted by Gasteiger charge is -2.03. The zero-order valence-corrected chi connectivity index (χ0v) is 8.90. The molecule has 0 radical (unpaired) electrons. The highest BCUT2D eigenvalue weighted by Crippen LogP contribution is 2.39. The Balaban J connectivity index is 1.73. The van der Waals surface area contributed by atoms with Crippen molar-refractivity contribution in [3.05, 3.63) is 0 Å². The monoisotopic (exact) mass is 172 g/mol. The number of hydrogen-bond donors (Lipinski definition) is 0. The van der Waals surface area contributed by atoms with E-state index in [1.807, 2.05) is 0 Å². The maximum atomic E-state index is 2.32. The lowest BCUT2D eigenvalue weighted by Crippen LogP contribution is -1.88. The van der Waals surface area contributed by atoms with Crippen LogP contribution in [-0.2, 0) is 0 Å². The molecule has 0 aliphatic heterocycles. The van der Waals surface area contributed by atoms with Gasteiger partial charge in [0.05, 0.1) is 0 Å². The molecule has 0 spiro atoms. The number of rotatable bonds is 6. The molecule has 1 unspecified atom stereocenters. The Kier molecular flexibility index (Phi) is 4.45. The molecule has 66 valence electrons. The quantitative estimate of drug-likeness (QED) is 0.423. The van der Waals surface area contributed by atoms with Crippen LogP contribution in [0.25, 0.3) is 0 Å². The van der Waals surface area contributed by atoms with Crippen LogP contribution in [0.15, 0.2) is 0 Å². The van der Waals surface area contributed by atoms with Gasteiger partial charge in [-0.1, -0.05) is 26.7 Å². The SMILES string of the molecule is CC(C)CCCCPC1CC1. The summed E-state index contributed by atoms with van der Waals surface area (Å²) in [4.78, 5) is 0. The molecule has 0 amide bonds. The van der Waals surface area contributed by atoms with Crippen LogP contribution in [0.4, 0.5) is 0 Å². The highest BCUT2D eigenvalue weighted by Gasteiger charge is 2.19. The van der Waals surface area contributed by atoms with Crippen molar-refractivity contribution >= 4 is 8.58 Å². The Morgan fingerprint density at radius 3 is 2.55 bits per heavy atom. The van der Waals surface area contributed by atoms with E-state index in [0.29, 0.717) is 0 Å². The van der Waals surface area contributed by atoms with Crippen LogP contribution >= 0.6 is 8.58 Å². The molecule has 1 aliphatic carbocycles. The summed E-state index contributed by atoms with van der Waals surface area (Å²) in [7, 11) is 1.30. The summed E-state index contributed by atoms with van der Waals surface area (Å²) < 4.78 is 0. The maximum absolute atomic E-state index is 2.32. The van der Waals surface area contributed by atoms with Crippen LogP contribution in [0.1, 0.15) is 46.0 Å². The van der Waals surface area contributed by atoms with Gasteiger partial charge in [0.25, 0.3) is 0 Å². The van der Waals surface area contributed by atoms with Gasteiger partial charge >= 0.3 is 0 Å². The first kappa shape index (κ1) is 9.52. The van der Waals surface area contributed by atoms with Gasteiger partial charge in [0.15, 0.2) is 0 Å². The molecular formula is C10H21P. The van der Waals surface area contributed by atoms with E-state index in [9.17, 15) is 0 Å². The largest absolute Gasteiger partial charge is 0.119 e. The Morgan fingerprint density at radius 2 is 2.00 bits per heavy atom. The van der Waals surface area contributed by atoms with Gasteiger partial charge in [-0.2, -0.15) is 0 Å². The standard InChI is InChI=1S/C10H21P/c1-9(2)5-3-4-8-11-10-6-7-10/h9-11H,3-8H2,1-2H3. The zero-order valence-electron chi connectivity index (χ0n) is 7.90. The highest BCUT2D eigenvalue weighted by atomic mass is 31.1. The highest BCUT2D eigenvalue weighted by molar-refractivity contribution is 7.39. The molecule has 1 aliphatic rings. The number of unbranched alkanes of at least 4 members (excludes halogenated alkanes) is 1. The Hall–Kier alpha value is 0.430. The predicted octanol–water partition coefficient (Wildman–Crippen LogP) is 3.65. The minimum Gasteiger partial charge on any atom is -0.119 e. The lowest BCUT2D eigenvalue weighted by molar-refractivity contribution is 0.551. The van der Waals surface area contributed by atoms with E-state index >= 15 is 0 Å². The van der Waals surface area contributed by atoms with E-state index in [1.54, 1.807) is 12.8 Å². The smallest absolute Gasteiger partial charge is 0.0236 e. The van der Waals surface area contributed by atoms with E-state index in [0.717, 1.165) is 5.92 Å². The maximum Gasteiger partial charge on any atom is -0.0236 e. The van der Waals surface area contributed by atoms with Crippen molar-refractivity contribution in [1.82, 2.24) is 0 Å².